The number of fused-ring (bicyclic) bond motifs is 2. The first kappa shape index (κ1) is 24.1. The van der Waals surface area contributed by atoms with E-state index in [4.69, 9.17) is 0 Å². The molecule has 2 atom stereocenters. The number of carbonyl (C=O) groups excluding carboxylic acids is 2. The van der Waals surface area contributed by atoms with Gasteiger partial charge in [0.15, 0.2) is 0 Å². The zero-order valence-electron chi connectivity index (χ0n) is 21.0. The Bertz CT molecular complexity index is 1470. The third-order valence-corrected chi connectivity index (χ3v) is 7.45. The maximum Gasteiger partial charge on any atom is 0.258 e. The number of hydrogen-bond donors (Lipinski definition) is 2. The van der Waals surface area contributed by atoms with E-state index in [-0.39, 0.29) is 24.0 Å². The van der Waals surface area contributed by atoms with E-state index in [0.717, 1.165) is 28.9 Å². The first-order valence-electron chi connectivity index (χ1n) is 12.9. The van der Waals surface area contributed by atoms with Crippen molar-refractivity contribution in [2.24, 2.45) is 0 Å². The second kappa shape index (κ2) is 10.2. The molecule has 0 aromatic heterocycles. The summed E-state index contributed by atoms with van der Waals surface area (Å²) in [5, 5.41) is 13.2. The van der Waals surface area contributed by atoms with Crippen LogP contribution in [0.15, 0.2) is 103 Å². The number of carbonyl (C=O) groups is 2. The number of aliphatic hydroxyl groups is 1. The van der Waals surface area contributed by atoms with Crippen molar-refractivity contribution in [2.45, 2.75) is 25.1 Å². The van der Waals surface area contributed by atoms with Crippen molar-refractivity contribution in [3.8, 4) is 11.1 Å². The van der Waals surface area contributed by atoms with Crippen molar-refractivity contribution >= 4 is 23.2 Å². The van der Waals surface area contributed by atoms with Gasteiger partial charge in [0.2, 0.25) is 0 Å². The number of rotatable bonds is 4. The van der Waals surface area contributed by atoms with Gasteiger partial charge in [-0.3, -0.25) is 14.5 Å². The lowest BCUT2D eigenvalue weighted by Crippen LogP contribution is -2.40. The van der Waals surface area contributed by atoms with E-state index in [1.54, 1.807) is 24.3 Å². The molecule has 0 radical (unpaired) electrons. The molecule has 0 spiro atoms. The Labute approximate surface area is 222 Å². The topological polar surface area (TPSA) is 72.9 Å². The Morgan fingerprint density at radius 2 is 1.50 bits per heavy atom. The van der Waals surface area contributed by atoms with Gasteiger partial charge < -0.3 is 15.3 Å². The number of aliphatic hydroxyl groups excluding tert-OH is 1. The molecular weight excluding hydrogens is 474 g/mol. The molecule has 1 fully saturated rings. The number of amides is 2. The summed E-state index contributed by atoms with van der Waals surface area (Å²) < 4.78 is 0. The molecule has 2 amide bonds. The molecule has 0 saturated carbocycles. The number of benzene rings is 4. The van der Waals surface area contributed by atoms with E-state index < -0.39 is 0 Å². The van der Waals surface area contributed by atoms with Crippen LogP contribution in [-0.4, -0.2) is 47.1 Å². The predicted octanol–water partition coefficient (Wildman–Crippen LogP) is 5.20. The fourth-order valence-electron chi connectivity index (χ4n) is 5.57. The summed E-state index contributed by atoms with van der Waals surface area (Å²) in [4.78, 5) is 31.0. The molecule has 0 unspecified atom stereocenters. The fraction of sp³-hybridized carbons (Fsp3) is 0.188. The third kappa shape index (κ3) is 4.72. The van der Waals surface area contributed by atoms with E-state index in [9.17, 15) is 14.7 Å². The number of anilines is 2. The maximum atomic E-state index is 13.7. The standard InChI is InChI=1S/C32H29N3O3/c36-27-18-26-20-35(30-13-7-4-10-24(30)19-34(26)21-27)32(38)23-14-16-25(17-15-23)33-31(37)29-12-6-5-11-28(29)22-8-2-1-3-9-22/h1-17,26-27,36H,18-21H2,(H,33,37)/t26-,27+/m1/s1. The number of nitrogens with one attached hydrogen (secondary N) is 1. The minimum Gasteiger partial charge on any atom is -0.392 e. The Balaban J connectivity index is 1.22. The molecule has 2 heterocycles. The molecule has 6 nitrogen and oxygen atoms in total. The van der Waals surface area contributed by atoms with Gasteiger partial charge in [-0.25, -0.2) is 0 Å². The molecule has 2 aliphatic rings. The summed E-state index contributed by atoms with van der Waals surface area (Å²) >= 11 is 0. The van der Waals surface area contributed by atoms with Crippen LogP contribution in [0.2, 0.25) is 0 Å². The first-order chi connectivity index (χ1) is 18.6. The zero-order valence-corrected chi connectivity index (χ0v) is 21.0. The summed E-state index contributed by atoms with van der Waals surface area (Å²) in [6, 6.07) is 32.5. The highest BCUT2D eigenvalue weighted by molar-refractivity contribution is 6.09. The highest BCUT2D eigenvalue weighted by Crippen LogP contribution is 2.33. The van der Waals surface area contributed by atoms with E-state index in [0.29, 0.717) is 36.3 Å². The quantitative estimate of drug-likeness (QED) is 0.402. The highest BCUT2D eigenvalue weighted by atomic mass is 16.3. The first-order valence-corrected chi connectivity index (χ1v) is 12.9. The van der Waals surface area contributed by atoms with Gasteiger partial charge in [0.1, 0.15) is 0 Å². The second-order valence-corrected chi connectivity index (χ2v) is 9.96. The van der Waals surface area contributed by atoms with Crippen LogP contribution in [-0.2, 0) is 6.54 Å². The van der Waals surface area contributed by atoms with Crippen LogP contribution in [0.3, 0.4) is 0 Å². The average Bonchev–Trinajstić information content (AvgIpc) is 3.23. The van der Waals surface area contributed by atoms with Crippen LogP contribution in [0.25, 0.3) is 11.1 Å². The second-order valence-electron chi connectivity index (χ2n) is 9.96. The van der Waals surface area contributed by atoms with Crippen LogP contribution in [0.1, 0.15) is 32.7 Å². The Morgan fingerprint density at radius 3 is 2.32 bits per heavy atom. The fourth-order valence-corrected chi connectivity index (χ4v) is 5.57. The molecule has 4 aromatic rings. The molecule has 190 valence electrons. The Kier molecular flexibility index (Phi) is 6.50. The normalized spacial score (nSPS) is 18.8. The van der Waals surface area contributed by atoms with E-state index in [1.165, 1.54) is 0 Å². The lowest BCUT2D eigenvalue weighted by molar-refractivity contribution is 0.0980. The molecule has 38 heavy (non-hydrogen) atoms. The smallest absolute Gasteiger partial charge is 0.258 e. The SMILES string of the molecule is O=C(Nc1ccc(C(=O)N2C[C@H]3C[C@H](O)CN3Cc3ccccc32)cc1)c1ccccc1-c1ccccc1. The highest BCUT2D eigenvalue weighted by Gasteiger charge is 2.37. The minimum atomic E-state index is -0.364. The van der Waals surface area contributed by atoms with Crippen molar-refractivity contribution in [1.29, 1.82) is 0 Å². The molecule has 0 bridgehead atoms. The monoisotopic (exact) mass is 503 g/mol. The molecule has 6 heteroatoms. The lowest BCUT2D eigenvalue weighted by atomic mass is 9.99. The van der Waals surface area contributed by atoms with E-state index in [1.807, 2.05) is 77.7 Å². The number of nitrogens with zero attached hydrogens (tertiary/aromatic N) is 2. The van der Waals surface area contributed by atoms with Gasteiger partial charge in [-0.2, -0.15) is 0 Å². The predicted molar refractivity (Wildman–Crippen MR) is 149 cm³/mol. The Morgan fingerprint density at radius 1 is 0.789 bits per heavy atom. The molecular formula is C32H29N3O3. The summed E-state index contributed by atoms with van der Waals surface area (Å²) in [5.74, 6) is -0.294. The van der Waals surface area contributed by atoms with Gasteiger partial charge in [0, 0.05) is 48.2 Å². The summed E-state index contributed by atoms with van der Waals surface area (Å²) in [6.07, 6.45) is 0.296. The number of para-hydroxylation sites is 1. The summed E-state index contributed by atoms with van der Waals surface area (Å²) in [7, 11) is 0. The van der Waals surface area contributed by atoms with Crippen molar-refractivity contribution in [2.75, 3.05) is 23.3 Å². The van der Waals surface area contributed by atoms with Crippen LogP contribution in [0, 0.1) is 0 Å². The van der Waals surface area contributed by atoms with E-state index in [2.05, 4.69) is 16.3 Å². The Hall–Kier alpha value is -4.26. The van der Waals surface area contributed by atoms with Crippen molar-refractivity contribution in [3.05, 3.63) is 120 Å². The van der Waals surface area contributed by atoms with Gasteiger partial charge in [-0.1, -0.05) is 66.7 Å². The van der Waals surface area contributed by atoms with Gasteiger partial charge in [-0.05, 0) is 59.5 Å². The van der Waals surface area contributed by atoms with Crippen molar-refractivity contribution in [1.82, 2.24) is 4.90 Å². The summed E-state index contributed by atoms with van der Waals surface area (Å²) in [5.41, 5.74) is 5.59. The van der Waals surface area contributed by atoms with Crippen molar-refractivity contribution in [3.63, 3.8) is 0 Å². The molecule has 2 N–H and O–H groups in total. The van der Waals surface area contributed by atoms with Crippen molar-refractivity contribution < 1.29 is 14.7 Å². The minimum absolute atomic E-state index is 0.0898. The van der Waals surface area contributed by atoms with Gasteiger partial charge >= 0.3 is 0 Å². The van der Waals surface area contributed by atoms with Crippen LogP contribution in [0.4, 0.5) is 11.4 Å². The lowest BCUT2D eigenvalue weighted by Gasteiger charge is -2.26. The molecule has 0 aliphatic carbocycles. The van der Waals surface area contributed by atoms with Gasteiger partial charge in [0.05, 0.1) is 6.10 Å². The molecule has 6 rings (SSSR count). The molecule has 2 aliphatic heterocycles. The molecule has 4 aromatic carbocycles. The third-order valence-electron chi connectivity index (χ3n) is 7.45. The largest absolute Gasteiger partial charge is 0.392 e. The van der Waals surface area contributed by atoms with E-state index >= 15 is 0 Å². The molecule has 1 saturated heterocycles. The van der Waals surface area contributed by atoms with Crippen LogP contribution < -0.4 is 10.2 Å². The van der Waals surface area contributed by atoms with Gasteiger partial charge in [0.25, 0.3) is 11.8 Å². The van der Waals surface area contributed by atoms with Crippen LogP contribution in [0.5, 0.6) is 0 Å². The number of hydrogen-bond acceptors (Lipinski definition) is 4. The van der Waals surface area contributed by atoms with Crippen LogP contribution >= 0.6 is 0 Å². The van der Waals surface area contributed by atoms with Gasteiger partial charge in [-0.15, -0.1) is 0 Å². The summed E-state index contributed by atoms with van der Waals surface area (Å²) in [6.45, 7) is 1.88. The zero-order chi connectivity index (χ0) is 26.1. The maximum absolute atomic E-state index is 13.7. The average molecular weight is 504 g/mol.